The molecule has 0 spiro atoms. The van der Waals surface area contributed by atoms with Gasteiger partial charge >= 0.3 is 0 Å². The van der Waals surface area contributed by atoms with E-state index in [1.165, 1.54) is 12.0 Å². The Morgan fingerprint density at radius 2 is 2.35 bits per heavy atom. The first-order chi connectivity index (χ1) is 8.22. The van der Waals surface area contributed by atoms with Crippen LogP contribution in [0.1, 0.15) is 12.0 Å². The number of rotatable bonds is 4. The molecule has 2 N–H and O–H groups in total. The second kappa shape index (κ2) is 5.85. The van der Waals surface area contributed by atoms with Crippen LogP contribution in [0.15, 0.2) is 22.7 Å². The standard InChI is InChI=1S/C13H19BrN2O/c1-17-12-2-3-13(14)11(6-12)9-16-5-4-10(7-15)8-16/h2-3,6,10H,4-5,7-9,15H2,1H3. The maximum atomic E-state index is 5.71. The van der Waals surface area contributed by atoms with E-state index in [4.69, 9.17) is 10.5 Å². The van der Waals surface area contributed by atoms with Gasteiger partial charge in [0.15, 0.2) is 0 Å². The van der Waals surface area contributed by atoms with Gasteiger partial charge in [0.2, 0.25) is 0 Å². The molecule has 17 heavy (non-hydrogen) atoms. The fourth-order valence-electron chi connectivity index (χ4n) is 2.29. The summed E-state index contributed by atoms with van der Waals surface area (Å²) in [6.45, 7) is 4.02. The molecule has 1 heterocycles. The molecule has 1 aliphatic heterocycles. The number of nitrogens with zero attached hydrogens (tertiary/aromatic N) is 1. The Kier molecular flexibility index (Phi) is 4.42. The summed E-state index contributed by atoms with van der Waals surface area (Å²) >= 11 is 3.59. The Morgan fingerprint density at radius 1 is 1.53 bits per heavy atom. The van der Waals surface area contributed by atoms with Crippen LogP contribution in [0, 0.1) is 5.92 Å². The molecule has 0 bridgehead atoms. The molecule has 0 aliphatic carbocycles. The van der Waals surface area contributed by atoms with Gasteiger partial charge in [-0.1, -0.05) is 15.9 Å². The third kappa shape index (κ3) is 3.21. The second-order valence-corrected chi connectivity index (χ2v) is 5.44. The lowest BCUT2D eigenvalue weighted by molar-refractivity contribution is 0.316. The van der Waals surface area contributed by atoms with Gasteiger partial charge in [-0.25, -0.2) is 0 Å². The average Bonchev–Trinajstić information content (AvgIpc) is 2.80. The largest absolute Gasteiger partial charge is 0.497 e. The lowest BCUT2D eigenvalue weighted by Crippen LogP contribution is -2.22. The van der Waals surface area contributed by atoms with E-state index in [2.05, 4.69) is 26.9 Å². The highest BCUT2D eigenvalue weighted by Gasteiger charge is 2.21. The van der Waals surface area contributed by atoms with Crippen LogP contribution in [0.25, 0.3) is 0 Å². The molecule has 1 saturated heterocycles. The van der Waals surface area contributed by atoms with Crippen LogP contribution in [-0.2, 0) is 6.54 Å². The molecule has 3 nitrogen and oxygen atoms in total. The van der Waals surface area contributed by atoms with Crippen molar-refractivity contribution in [3.8, 4) is 5.75 Å². The number of ether oxygens (including phenoxy) is 1. The van der Waals surface area contributed by atoms with Gasteiger partial charge < -0.3 is 10.5 Å². The van der Waals surface area contributed by atoms with E-state index in [9.17, 15) is 0 Å². The summed E-state index contributed by atoms with van der Waals surface area (Å²) < 4.78 is 6.40. The summed E-state index contributed by atoms with van der Waals surface area (Å²) in [5.74, 6) is 1.58. The van der Waals surface area contributed by atoms with Crippen molar-refractivity contribution in [2.45, 2.75) is 13.0 Å². The van der Waals surface area contributed by atoms with Gasteiger partial charge in [0, 0.05) is 17.6 Å². The lowest BCUT2D eigenvalue weighted by Gasteiger charge is -2.17. The zero-order valence-corrected chi connectivity index (χ0v) is 11.7. The molecule has 2 rings (SSSR count). The monoisotopic (exact) mass is 298 g/mol. The topological polar surface area (TPSA) is 38.5 Å². The smallest absolute Gasteiger partial charge is 0.119 e. The van der Waals surface area contributed by atoms with E-state index >= 15 is 0 Å². The minimum absolute atomic E-state index is 0.666. The van der Waals surface area contributed by atoms with Crippen molar-refractivity contribution in [2.75, 3.05) is 26.7 Å². The van der Waals surface area contributed by atoms with E-state index in [1.54, 1.807) is 7.11 Å². The van der Waals surface area contributed by atoms with E-state index in [0.29, 0.717) is 5.92 Å². The molecule has 4 heteroatoms. The Bertz CT molecular complexity index is 384. The van der Waals surface area contributed by atoms with Crippen molar-refractivity contribution in [3.63, 3.8) is 0 Å². The number of likely N-dealkylation sites (tertiary alicyclic amines) is 1. The van der Waals surface area contributed by atoms with Crippen molar-refractivity contribution >= 4 is 15.9 Å². The van der Waals surface area contributed by atoms with Gasteiger partial charge in [0.1, 0.15) is 5.75 Å². The molecule has 0 amide bonds. The molecule has 1 aliphatic rings. The molecular formula is C13H19BrN2O. The van der Waals surface area contributed by atoms with Crippen molar-refractivity contribution in [1.82, 2.24) is 4.90 Å². The van der Waals surface area contributed by atoms with Crippen LogP contribution < -0.4 is 10.5 Å². The van der Waals surface area contributed by atoms with E-state index in [0.717, 1.165) is 36.4 Å². The number of benzene rings is 1. The normalized spacial score (nSPS) is 20.8. The maximum Gasteiger partial charge on any atom is 0.119 e. The molecule has 1 aromatic rings. The first-order valence-electron chi connectivity index (χ1n) is 5.97. The molecular weight excluding hydrogens is 280 g/mol. The number of hydrogen-bond acceptors (Lipinski definition) is 3. The zero-order valence-electron chi connectivity index (χ0n) is 10.2. The Morgan fingerprint density at radius 3 is 3.00 bits per heavy atom. The van der Waals surface area contributed by atoms with Crippen molar-refractivity contribution < 1.29 is 4.74 Å². The molecule has 0 radical (unpaired) electrons. The fraction of sp³-hybridized carbons (Fsp3) is 0.538. The summed E-state index contributed by atoms with van der Waals surface area (Å²) in [7, 11) is 1.70. The Balaban J connectivity index is 2.03. The van der Waals surface area contributed by atoms with E-state index in [-0.39, 0.29) is 0 Å². The highest BCUT2D eigenvalue weighted by atomic mass is 79.9. The van der Waals surface area contributed by atoms with Gasteiger partial charge in [-0.2, -0.15) is 0 Å². The van der Waals surface area contributed by atoms with Crippen LogP contribution >= 0.6 is 15.9 Å². The first-order valence-corrected chi connectivity index (χ1v) is 6.77. The Hall–Kier alpha value is -0.580. The van der Waals surface area contributed by atoms with E-state index < -0.39 is 0 Å². The van der Waals surface area contributed by atoms with Gasteiger partial charge in [-0.3, -0.25) is 4.90 Å². The fourth-order valence-corrected chi connectivity index (χ4v) is 2.66. The summed E-state index contributed by atoms with van der Waals surface area (Å²) in [5.41, 5.74) is 6.99. The Labute approximate surface area is 111 Å². The number of nitrogens with two attached hydrogens (primary N) is 1. The van der Waals surface area contributed by atoms with Gasteiger partial charge in [-0.15, -0.1) is 0 Å². The molecule has 1 fully saturated rings. The molecule has 1 unspecified atom stereocenters. The van der Waals surface area contributed by atoms with Crippen molar-refractivity contribution in [3.05, 3.63) is 28.2 Å². The number of hydrogen-bond donors (Lipinski definition) is 1. The first kappa shape index (κ1) is 12.9. The third-order valence-electron chi connectivity index (χ3n) is 3.35. The summed E-state index contributed by atoms with van der Waals surface area (Å²) in [5, 5.41) is 0. The summed E-state index contributed by atoms with van der Waals surface area (Å²) in [4.78, 5) is 2.46. The molecule has 0 aromatic heterocycles. The van der Waals surface area contributed by atoms with Crippen LogP contribution in [0.2, 0.25) is 0 Å². The summed E-state index contributed by atoms with van der Waals surface area (Å²) in [6, 6.07) is 6.12. The zero-order chi connectivity index (χ0) is 12.3. The average molecular weight is 299 g/mol. The van der Waals surface area contributed by atoms with Gasteiger partial charge in [-0.05, 0) is 49.2 Å². The molecule has 0 saturated carbocycles. The molecule has 1 atom stereocenters. The van der Waals surface area contributed by atoms with Crippen LogP contribution in [0.3, 0.4) is 0 Å². The highest BCUT2D eigenvalue weighted by Crippen LogP contribution is 2.26. The van der Waals surface area contributed by atoms with Gasteiger partial charge in [0.05, 0.1) is 7.11 Å². The number of methoxy groups -OCH3 is 1. The van der Waals surface area contributed by atoms with Gasteiger partial charge in [0.25, 0.3) is 0 Å². The quantitative estimate of drug-likeness (QED) is 0.926. The molecule has 1 aromatic carbocycles. The number of halogens is 1. The second-order valence-electron chi connectivity index (χ2n) is 4.58. The summed E-state index contributed by atoms with van der Waals surface area (Å²) in [6.07, 6.45) is 1.22. The predicted molar refractivity (Wildman–Crippen MR) is 73.1 cm³/mol. The van der Waals surface area contributed by atoms with Crippen LogP contribution in [-0.4, -0.2) is 31.6 Å². The minimum Gasteiger partial charge on any atom is -0.497 e. The lowest BCUT2D eigenvalue weighted by atomic mass is 10.1. The predicted octanol–water partition coefficient (Wildman–Crippen LogP) is 2.24. The van der Waals surface area contributed by atoms with Crippen LogP contribution in [0.5, 0.6) is 5.75 Å². The maximum absolute atomic E-state index is 5.71. The molecule has 94 valence electrons. The SMILES string of the molecule is COc1ccc(Br)c(CN2CCC(CN)C2)c1. The van der Waals surface area contributed by atoms with Crippen LogP contribution in [0.4, 0.5) is 0 Å². The van der Waals surface area contributed by atoms with Crippen molar-refractivity contribution in [1.29, 1.82) is 0 Å². The van der Waals surface area contributed by atoms with Crippen molar-refractivity contribution in [2.24, 2.45) is 11.7 Å². The minimum atomic E-state index is 0.666. The third-order valence-corrected chi connectivity index (χ3v) is 4.12. The van der Waals surface area contributed by atoms with E-state index in [1.807, 2.05) is 12.1 Å². The highest BCUT2D eigenvalue weighted by molar-refractivity contribution is 9.10.